The van der Waals surface area contributed by atoms with Gasteiger partial charge in [-0.3, -0.25) is 9.48 Å². The summed E-state index contributed by atoms with van der Waals surface area (Å²) in [5.41, 5.74) is 0.474. The summed E-state index contributed by atoms with van der Waals surface area (Å²) in [4.78, 5) is 20.7. The molecule has 1 aliphatic rings. The van der Waals surface area contributed by atoms with Gasteiger partial charge in [-0.1, -0.05) is 0 Å². The van der Waals surface area contributed by atoms with Crippen LogP contribution in [-0.2, 0) is 28.2 Å². The number of hydrogen-bond acceptors (Lipinski definition) is 5. The maximum atomic E-state index is 11.8. The van der Waals surface area contributed by atoms with Crippen molar-refractivity contribution in [2.45, 2.75) is 44.9 Å². The fourth-order valence-corrected chi connectivity index (χ4v) is 2.63. The van der Waals surface area contributed by atoms with Crippen molar-refractivity contribution in [1.29, 1.82) is 0 Å². The van der Waals surface area contributed by atoms with Crippen molar-refractivity contribution in [3.63, 3.8) is 0 Å². The molecule has 1 amide bonds. The topological polar surface area (TPSA) is 81.9 Å². The molecular formula is C16H21N5O2. The lowest BCUT2D eigenvalue weighted by Gasteiger charge is -2.32. The minimum atomic E-state index is -0.389. The standard InChI is InChI=1S/C16H21N5O2/c1-16(5-2-3-8-23-16)15-18-10-13(11-19-15)9-17-14(22)12-21-7-4-6-20-21/h4,6-7,10-11H,2-3,5,8-9,12H2,1H3,(H,17,22)/t16-/m0/s1. The molecule has 0 aliphatic carbocycles. The Hall–Kier alpha value is -2.28. The molecule has 2 aromatic heterocycles. The third kappa shape index (κ3) is 3.92. The molecule has 1 saturated heterocycles. The van der Waals surface area contributed by atoms with Gasteiger partial charge in [0.05, 0.1) is 0 Å². The van der Waals surface area contributed by atoms with Crippen LogP contribution in [0.4, 0.5) is 0 Å². The van der Waals surface area contributed by atoms with Gasteiger partial charge in [0.25, 0.3) is 0 Å². The molecule has 1 fully saturated rings. The van der Waals surface area contributed by atoms with Gasteiger partial charge in [-0.25, -0.2) is 9.97 Å². The van der Waals surface area contributed by atoms with Crippen molar-refractivity contribution in [3.8, 4) is 0 Å². The Morgan fingerprint density at radius 1 is 1.39 bits per heavy atom. The molecule has 2 aromatic rings. The number of rotatable bonds is 5. The normalized spacial score (nSPS) is 21.1. The Morgan fingerprint density at radius 2 is 2.22 bits per heavy atom. The predicted molar refractivity (Wildman–Crippen MR) is 83.3 cm³/mol. The molecule has 3 heterocycles. The molecule has 1 atom stereocenters. The molecule has 0 radical (unpaired) electrons. The first-order valence-electron chi connectivity index (χ1n) is 7.85. The Balaban J connectivity index is 1.54. The summed E-state index contributed by atoms with van der Waals surface area (Å²) in [6.45, 7) is 3.40. The van der Waals surface area contributed by atoms with E-state index in [-0.39, 0.29) is 18.1 Å². The molecule has 0 saturated carbocycles. The minimum Gasteiger partial charge on any atom is -0.367 e. The van der Waals surface area contributed by atoms with Crippen molar-refractivity contribution >= 4 is 5.91 Å². The highest BCUT2D eigenvalue weighted by molar-refractivity contribution is 5.75. The van der Waals surface area contributed by atoms with Crippen LogP contribution < -0.4 is 5.32 Å². The molecule has 23 heavy (non-hydrogen) atoms. The van der Waals surface area contributed by atoms with Crippen LogP contribution in [0.25, 0.3) is 0 Å². The zero-order valence-corrected chi connectivity index (χ0v) is 13.2. The van der Waals surface area contributed by atoms with E-state index in [9.17, 15) is 4.79 Å². The second kappa shape index (κ2) is 6.87. The fraction of sp³-hybridized carbons (Fsp3) is 0.500. The summed E-state index contributed by atoms with van der Waals surface area (Å²) < 4.78 is 7.42. The van der Waals surface area contributed by atoms with Gasteiger partial charge in [0, 0.05) is 43.5 Å². The largest absolute Gasteiger partial charge is 0.367 e. The number of nitrogens with zero attached hydrogens (tertiary/aromatic N) is 4. The Kier molecular flexibility index (Phi) is 4.66. The number of aromatic nitrogens is 4. The molecule has 0 aromatic carbocycles. The second-order valence-corrected chi connectivity index (χ2v) is 5.93. The third-order valence-electron chi connectivity index (χ3n) is 4.00. The van der Waals surface area contributed by atoms with Gasteiger partial charge in [-0.2, -0.15) is 5.10 Å². The van der Waals surface area contributed by atoms with Crippen molar-refractivity contribution in [1.82, 2.24) is 25.1 Å². The number of amides is 1. The van der Waals surface area contributed by atoms with Crippen LogP contribution in [0.3, 0.4) is 0 Å². The average Bonchev–Trinajstić information content (AvgIpc) is 3.07. The zero-order valence-electron chi connectivity index (χ0n) is 13.2. The van der Waals surface area contributed by atoms with Gasteiger partial charge in [0.1, 0.15) is 12.1 Å². The molecule has 7 nitrogen and oxygen atoms in total. The van der Waals surface area contributed by atoms with E-state index in [0.29, 0.717) is 12.4 Å². The Morgan fingerprint density at radius 3 is 2.87 bits per heavy atom. The summed E-state index contributed by atoms with van der Waals surface area (Å²) in [5.74, 6) is 0.615. The van der Waals surface area contributed by atoms with E-state index in [1.807, 2.05) is 6.92 Å². The summed E-state index contributed by atoms with van der Waals surface area (Å²) in [6, 6.07) is 1.79. The van der Waals surface area contributed by atoms with E-state index < -0.39 is 0 Å². The smallest absolute Gasteiger partial charge is 0.241 e. The fourth-order valence-electron chi connectivity index (χ4n) is 2.63. The molecule has 122 valence electrons. The Labute approximate surface area is 135 Å². The van der Waals surface area contributed by atoms with Crippen LogP contribution in [0.1, 0.15) is 37.6 Å². The number of nitrogens with one attached hydrogen (secondary N) is 1. The average molecular weight is 315 g/mol. The van der Waals surface area contributed by atoms with Gasteiger partial charge in [0.2, 0.25) is 5.91 Å². The maximum Gasteiger partial charge on any atom is 0.241 e. The summed E-state index contributed by atoms with van der Waals surface area (Å²) in [7, 11) is 0. The lowest BCUT2D eigenvalue weighted by atomic mass is 9.95. The molecule has 7 heteroatoms. The first-order chi connectivity index (χ1) is 11.2. The lowest BCUT2D eigenvalue weighted by molar-refractivity contribution is -0.122. The van der Waals surface area contributed by atoms with Crippen LogP contribution in [0.2, 0.25) is 0 Å². The highest BCUT2D eigenvalue weighted by Crippen LogP contribution is 2.32. The second-order valence-electron chi connectivity index (χ2n) is 5.93. The number of ether oxygens (including phenoxy) is 1. The lowest BCUT2D eigenvalue weighted by Crippen LogP contribution is -2.32. The maximum absolute atomic E-state index is 11.8. The number of hydrogen-bond donors (Lipinski definition) is 1. The van der Waals surface area contributed by atoms with Crippen molar-refractivity contribution in [2.75, 3.05) is 6.61 Å². The van der Waals surface area contributed by atoms with Crippen LogP contribution >= 0.6 is 0 Å². The van der Waals surface area contributed by atoms with Crippen LogP contribution in [0.15, 0.2) is 30.9 Å². The Bertz CT molecular complexity index is 633. The van der Waals surface area contributed by atoms with Crippen molar-refractivity contribution in [2.24, 2.45) is 0 Å². The third-order valence-corrected chi connectivity index (χ3v) is 4.00. The predicted octanol–water partition coefficient (Wildman–Crippen LogP) is 1.41. The van der Waals surface area contributed by atoms with E-state index in [2.05, 4.69) is 20.4 Å². The van der Waals surface area contributed by atoms with Crippen LogP contribution in [0.5, 0.6) is 0 Å². The summed E-state index contributed by atoms with van der Waals surface area (Å²) in [5, 5.41) is 6.83. The first kappa shape index (κ1) is 15.6. The number of carbonyl (C=O) groups is 1. The van der Waals surface area contributed by atoms with Crippen molar-refractivity contribution in [3.05, 3.63) is 42.2 Å². The molecule has 1 aliphatic heterocycles. The zero-order chi connectivity index (χ0) is 16.1. The van der Waals surface area contributed by atoms with Gasteiger partial charge >= 0.3 is 0 Å². The molecule has 0 spiro atoms. The number of carbonyl (C=O) groups excluding carboxylic acids is 1. The van der Waals surface area contributed by atoms with E-state index in [0.717, 1.165) is 31.4 Å². The molecule has 3 rings (SSSR count). The van der Waals surface area contributed by atoms with Gasteiger partial charge in [0.15, 0.2) is 5.82 Å². The monoisotopic (exact) mass is 315 g/mol. The van der Waals surface area contributed by atoms with Crippen LogP contribution in [-0.4, -0.2) is 32.3 Å². The SMILES string of the molecule is C[C@@]1(c2ncc(CNC(=O)Cn3cccn3)cn2)CCCCO1. The minimum absolute atomic E-state index is 0.0969. The van der Waals surface area contributed by atoms with Gasteiger partial charge < -0.3 is 10.1 Å². The van der Waals surface area contributed by atoms with Gasteiger partial charge in [-0.05, 0) is 32.3 Å². The molecule has 1 N–H and O–H groups in total. The van der Waals surface area contributed by atoms with Gasteiger partial charge in [-0.15, -0.1) is 0 Å². The molecule has 0 unspecified atom stereocenters. The molecule has 0 bridgehead atoms. The first-order valence-corrected chi connectivity index (χ1v) is 7.85. The summed E-state index contributed by atoms with van der Waals surface area (Å²) in [6.07, 6.45) is 10.1. The van der Waals surface area contributed by atoms with E-state index >= 15 is 0 Å². The highest BCUT2D eigenvalue weighted by Gasteiger charge is 2.32. The molecular weight excluding hydrogens is 294 g/mol. The van der Waals surface area contributed by atoms with Crippen LogP contribution in [0, 0.1) is 0 Å². The summed E-state index contributed by atoms with van der Waals surface area (Å²) >= 11 is 0. The quantitative estimate of drug-likeness (QED) is 0.902. The van der Waals surface area contributed by atoms with E-state index in [1.165, 1.54) is 0 Å². The highest BCUT2D eigenvalue weighted by atomic mass is 16.5. The van der Waals surface area contributed by atoms with E-state index in [1.54, 1.807) is 35.5 Å². The van der Waals surface area contributed by atoms with Crippen molar-refractivity contribution < 1.29 is 9.53 Å². The van der Waals surface area contributed by atoms with E-state index in [4.69, 9.17) is 4.74 Å².